The van der Waals surface area contributed by atoms with Gasteiger partial charge in [0.15, 0.2) is 20.5 Å². The molecule has 4 aromatic rings. The lowest BCUT2D eigenvalue weighted by atomic mass is 10.1. The quantitative estimate of drug-likeness (QED) is 0.407. The SMILES string of the molecule is CC(=O)Nc1cc(Nc2cc(OC(C)C)cc(S(C)(=O)=O)n2)c(-c2ccc3nccn3n2)cn1. The van der Waals surface area contributed by atoms with Crippen LogP contribution in [0.25, 0.3) is 16.9 Å². The average molecular weight is 482 g/mol. The number of pyridine rings is 2. The first-order valence-electron chi connectivity index (χ1n) is 10.3. The molecule has 176 valence electrons. The number of hydrogen-bond acceptors (Lipinski definition) is 9. The molecule has 34 heavy (non-hydrogen) atoms. The lowest BCUT2D eigenvalue weighted by Gasteiger charge is -2.16. The number of ether oxygens (including phenoxy) is 1. The number of sulfone groups is 1. The summed E-state index contributed by atoms with van der Waals surface area (Å²) >= 11 is 0. The molecule has 2 N–H and O–H groups in total. The third-order valence-electron chi connectivity index (χ3n) is 4.53. The van der Waals surface area contributed by atoms with Crippen molar-refractivity contribution in [2.75, 3.05) is 16.9 Å². The van der Waals surface area contributed by atoms with Crippen molar-refractivity contribution in [3.05, 3.63) is 48.9 Å². The highest BCUT2D eigenvalue weighted by Gasteiger charge is 2.17. The number of rotatable bonds is 7. The van der Waals surface area contributed by atoms with Gasteiger partial charge in [-0.25, -0.2) is 27.9 Å². The van der Waals surface area contributed by atoms with E-state index in [9.17, 15) is 13.2 Å². The van der Waals surface area contributed by atoms with Crippen molar-refractivity contribution in [3.63, 3.8) is 0 Å². The molecule has 0 aliphatic carbocycles. The Balaban J connectivity index is 1.82. The number of amides is 1. The molecule has 0 atom stereocenters. The van der Waals surface area contributed by atoms with Gasteiger partial charge in [-0.3, -0.25) is 4.79 Å². The Morgan fingerprint density at radius 3 is 2.62 bits per heavy atom. The Morgan fingerprint density at radius 2 is 1.91 bits per heavy atom. The molecule has 4 aromatic heterocycles. The molecule has 0 saturated carbocycles. The van der Waals surface area contributed by atoms with Crippen LogP contribution in [-0.2, 0) is 14.6 Å². The Labute approximate surface area is 196 Å². The van der Waals surface area contributed by atoms with E-state index in [2.05, 4.69) is 30.7 Å². The Morgan fingerprint density at radius 1 is 1.12 bits per heavy atom. The fourth-order valence-corrected chi connectivity index (χ4v) is 3.78. The van der Waals surface area contributed by atoms with Crippen molar-refractivity contribution >= 4 is 38.7 Å². The predicted molar refractivity (Wildman–Crippen MR) is 127 cm³/mol. The largest absolute Gasteiger partial charge is 0.491 e. The number of carbonyl (C=O) groups excluding carboxylic acids is 1. The van der Waals surface area contributed by atoms with Crippen LogP contribution < -0.4 is 15.4 Å². The second kappa shape index (κ2) is 9.06. The fraction of sp³-hybridized carbons (Fsp3) is 0.227. The van der Waals surface area contributed by atoms with Crippen molar-refractivity contribution in [1.82, 2.24) is 24.6 Å². The number of nitrogens with zero attached hydrogens (tertiary/aromatic N) is 5. The zero-order chi connectivity index (χ0) is 24.5. The summed E-state index contributed by atoms with van der Waals surface area (Å²) in [6, 6.07) is 8.20. The monoisotopic (exact) mass is 481 g/mol. The number of imidazole rings is 1. The van der Waals surface area contributed by atoms with Gasteiger partial charge in [0.1, 0.15) is 17.4 Å². The molecule has 0 unspecified atom stereocenters. The molecular weight excluding hydrogens is 458 g/mol. The molecule has 11 nitrogen and oxygen atoms in total. The van der Waals surface area contributed by atoms with Crippen LogP contribution in [0, 0.1) is 0 Å². The number of hydrogen-bond donors (Lipinski definition) is 2. The van der Waals surface area contributed by atoms with E-state index < -0.39 is 9.84 Å². The molecule has 0 aliphatic heterocycles. The summed E-state index contributed by atoms with van der Waals surface area (Å²) in [5, 5.41) is 10.2. The van der Waals surface area contributed by atoms with Gasteiger partial charge in [0.25, 0.3) is 0 Å². The summed E-state index contributed by atoms with van der Waals surface area (Å²) in [7, 11) is -3.60. The second-order valence-corrected chi connectivity index (χ2v) is 9.80. The maximum Gasteiger partial charge on any atom is 0.222 e. The number of carbonyl (C=O) groups is 1. The van der Waals surface area contributed by atoms with Crippen LogP contribution in [0.1, 0.15) is 20.8 Å². The van der Waals surface area contributed by atoms with Gasteiger partial charge in [-0.2, -0.15) is 5.10 Å². The van der Waals surface area contributed by atoms with Gasteiger partial charge in [0, 0.05) is 55.5 Å². The normalized spacial score (nSPS) is 11.6. The van der Waals surface area contributed by atoms with Crippen LogP contribution in [0.4, 0.5) is 17.3 Å². The van der Waals surface area contributed by atoms with Crippen LogP contribution >= 0.6 is 0 Å². The van der Waals surface area contributed by atoms with Crippen LogP contribution in [0.3, 0.4) is 0 Å². The van der Waals surface area contributed by atoms with Gasteiger partial charge in [-0.15, -0.1) is 0 Å². The molecule has 0 aliphatic rings. The van der Waals surface area contributed by atoms with Gasteiger partial charge >= 0.3 is 0 Å². The third kappa shape index (κ3) is 5.29. The fourth-order valence-electron chi connectivity index (χ4n) is 3.18. The smallest absolute Gasteiger partial charge is 0.222 e. The van der Waals surface area contributed by atoms with E-state index in [-0.39, 0.29) is 22.9 Å². The van der Waals surface area contributed by atoms with Crippen LogP contribution in [-0.4, -0.2) is 51.3 Å². The van der Waals surface area contributed by atoms with E-state index in [4.69, 9.17) is 4.74 Å². The highest BCUT2D eigenvalue weighted by Crippen LogP contribution is 2.32. The summed E-state index contributed by atoms with van der Waals surface area (Å²) in [4.78, 5) is 24.3. The average Bonchev–Trinajstić information content (AvgIpc) is 3.20. The van der Waals surface area contributed by atoms with E-state index >= 15 is 0 Å². The molecule has 0 radical (unpaired) electrons. The number of fused-ring (bicyclic) bond motifs is 1. The minimum Gasteiger partial charge on any atom is -0.491 e. The topological polar surface area (TPSA) is 140 Å². The summed E-state index contributed by atoms with van der Waals surface area (Å²) in [6.07, 6.45) is 5.83. The van der Waals surface area contributed by atoms with Crippen LogP contribution in [0.2, 0.25) is 0 Å². The van der Waals surface area contributed by atoms with Crippen molar-refractivity contribution in [3.8, 4) is 17.0 Å². The third-order valence-corrected chi connectivity index (χ3v) is 5.50. The van der Waals surface area contributed by atoms with E-state index in [0.29, 0.717) is 34.2 Å². The summed E-state index contributed by atoms with van der Waals surface area (Å²) in [5.74, 6) is 0.612. The summed E-state index contributed by atoms with van der Waals surface area (Å²) in [6.45, 7) is 5.06. The Kier molecular flexibility index (Phi) is 6.16. The molecule has 4 rings (SSSR count). The van der Waals surface area contributed by atoms with Gasteiger partial charge in [-0.05, 0) is 26.0 Å². The van der Waals surface area contributed by atoms with Crippen molar-refractivity contribution in [1.29, 1.82) is 0 Å². The molecule has 0 aromatic carbocycles. The van der Waals surface area contributed by atoms with Crippen LogP contribution in [0.15, 0.2) is 53.9 Å². The molecule has 12 heteroatoms. The summed E-state index contributed by atoms with van der Waals surface area (Å²) in [5.41, 5.74) is 2.36. The van der Waals surface area contributed by atoms with Crippen LogP contribution in [0.5, 0.6) is 5.75 Å². The maximum atomic E-state index is 12.2. The Bertz CT molecular complexity index is 1480. The van der Waals surface area contributed by atoms with E-state index in [1.165, 1.54) is 13.0 Å². The van der Waals surface area contributed by atoms with E-state index in [1.54, 1.807) is 41.3 Å². The standard InChI is InChI=1S/C22H23N7O4S/c1-13(2)33-15-9-20(27-22(10-15)34(4,31)32)26-18-11-19(25-14(3)30)24-12-16(18)17-5-6-21-23-7-8-29(21)28-17/h5-13H,1-4H3,(H2,24,25,26,27,30). The van der Waals surface area contributed by atoms with E-state index in [1.807, 2.05) is 19.9 Å². The van der Waals surface area contributed by atoms with Crippen molar-refractivity contribution in [2.45, 2.75) is 31.9 Å². The number of anilines is 3. The second-order valence-electron chi connectivity index (χ2n) is 7.83. The molecule has 0 bridgehead atoms. The molecule has 4 heterocycles. The van der Waals surface area contributed by atoms with Gasteiger partial charge in [0.2, 0.25) is 5.91 Å². The zero-order valence-electron chi connectivity index (χ0n) is 19.0. The van der Waals surface area contributed by atoms with Crippen molar-refractivity contribution in [2.24, 2.45) is 0 Å². The highest BCUT2D eigenvalue weighted by atomic mass is 32.2. The first kappa shape index (κ1) is 23.1. The minimum atomic E-state index is -3.60. The molecule has 1 amide bonds. The summed E-state index contributed by atoms with van der Waals surface area (Å²) < 4.78 is 31.8. The van der Waals surface area contributed by atoms with E-state index in [0.717, 1.165) is 6.26 Å². The highest BCUT2D eigenvalue weighted by molar-refractivity contribution is 7.90. The molecule has 0 saturated heterocycles. The van der Waals surface area contributed by atoms with Gasteiger partial charge in [0.05, 0.1) is 17.5 Å². The first-order chi connectivity index (χ1) is 16.1. The number of nitrogens with one attached hydrogen (secondary N) is 2. The molecule has 0 fully saturated rings. The number of aromatic nitrogens is 5. The van der Waals surface area contributed by atoms with Gasteiger partial charge in [-0.1, -0.05) is 0 Å². The lowest BCUT2D eigenvalue weighted by Crippen LogP contribution is -2.10. The zero-order valence-corrected chi connectivity index (χ0v) is 19.8. The molecule has 0 spiro atoms. The molecular formula is C22H23N7O4S. The predicted octanol–water partition coefficient (Wildman–Crippen LogP) is 3.08. The minimum absolute atomic E-state index is 0.135. The van der Waals surface area contributed by atoms with Crippen molar-refractivity contribution < 1.29 is 17.9 Å². The van der Waals surface area contributed by atoms with Gasteiger partial charge < -0.3 is 15.4 Å². The lowest BCUT2D eigenvalue weighted by molar-refractivity contribution is -0.114. The Hall–Kier alpha value is -4.06. The first-order valence-corrected chi connectivity index (χ1v) is 12.2. The maximum absolute atomic E-state index is 12.2.